The van der Waals surface area contributed by atoms with Gasteiger partial charge < -0.3 is 15.5 Å². The average molecular weight is 438 g/mol. The Morgan fingerprint density at radius 3 is 2.81 bits per heavy atom. The van der Waals surface area contributed by atoms with Crippen molar-refractivity contribution < 1.29 is 22.8 Å². The van der Waals surface area contributed by atoms with Gasteiger partial charge in [-0.15, -0.1) is 0 Å². The third kappa shape index (κ3) is 4.45. The molecule has 168 valence electrons. The number of nitrogen functional groups attached to an aromatic ring is 1. The number of amides is 2. The van der Waals surface area contributed by atoms with Crippen molar-refractivity contribution in [1.29, 1.82) is 0 Å². The van der Waals surface area contributed by atoms with Crippen LogP contribution in [0, 0.1) is 0 Å². The highest BCUT2D eigenvalue weighted by atomic mass is 19.4. The van der Waals surface area contributed by atoms with Gasteiger partial charge in [0.15, 0.2) is 5.65 Å². The van der Waals surface area contributed by atoms with Gasteiger partial charge in [0, 0.05) is 37.7 Å². The first-order chi connectivity index (χ1) is 14.7. The molecule has 2 fully saturated rings. The molecular formula is C20H25F3N6O2. The first kappa shape index (κ1) is 21.4. The van der Waals surface area contributed by atoms with Crippen LogP contribution in [0.5, 0.6) is 0 Å². The molecule has 2 aliphatic heterocycles. The van der Waals surface area contributed by atoms with Crippen LogP contribution in [0.2, 0.25) is 0 Å². The number of hydrogen-bond donors (Lipinski definition) is 2. The molecule has 2 aliphatic rings. The molecule has 2 aromatic heterocycles. The predicted octanol–water partition coefficient (Wildman–Crippen LogP) is 2.67. The zero-order valence-electron chi connectivity index (χ0n) is 17.0. The van der Waals surface area contributed by atoms with Crippen molar-refractivity contribution in [1.82, 2.24) is 25.0 Å². The lowest BCUT2D eigenvalue weighted by Gasteiger charge is -2.34. The van der Waals surface area contributed by atoms with Crippen molar-refractivity contribution in [2.45, 2.75) is 50.6 Å². The van der Waals surface area contributed by atoms with Crippen molar-refractivity contribution in [2.75, 3.05) is 31.9 Å². The Kier molecular flexibility index (Phi) is 5.76. The topological polar surface area (TPSA) is 108 Å². The minimum absolute atomic E-state index is 0.0156. The zero-order chi connectivity index (χ0) is 22.2. The van der Waals surface area contributed by atoms with E-state index >= 15 is 0 Å². The second-order valence-corrected chi connectivity index (χ2v) is 8.23. The Morgan fingerprint density at radius 1 is 1.23 bits per heavy atom. The molecule has 31 heavy (non-hydrogen) atoms. The lowest BCUT2D eigenvalue weighted by atomic mass is 9.92. The van der Waals surface area contributed by atoms with Gasteiger partial charge in [0.2, 0.25) is 11.8 Å². The standard InChI is InChI=1S/C20H25F3N6O2/c21-20(22,23)13-9-14(25-19-17(13)18(24)26-27-19)12-5-4-8-28(10-12)16(31)11-29-7-3-1-2-6-15(29)30/h9,12H,1-8,10-11H2,(H3,24,25,26,27). The smallest absolute Gasteiger partial charge is 0.383 e. The first-order valence-electron chi connectivity index (χ1n) is 10.5. The largest absolute Gasteiger partial charge is 0.417 e. The fourth-order valence-corrected chi connectivity index (χ4v) is 4.41. The van der Waals surface area contributed by atoms with Gasteiger partial charge in [0.25, 0.3) is 0 Å². The highest BCUT2D eigenvalue weighted by molar-refractivity contribution is 5.90. The first-order valence-corrected chi connectivity index (χ1v) is 10.5. The molecule has 0 saturated carbocycles. The number of fused-ring (bicyclic) bond motifs is 1. The average Bonchev–Trinajstić information content (AvgIpc) is 2.99. The Hall–Kier alpha value is -2.85. The van der Waals surface area contributed by atoms with Gasteiger partial charge in [0.05, 0.1) is 17.5 Å². The van der Waals surface area contributed by atoms with Crippen LogP contribution in [0.25, 0.3) is 11.0 Å². The number of hydrogen-bond acceptors (Lipinski definition) is 5. The maximum absolute atomic E-state index is 13.6. The number of anilines is 1. The summed E-state index contributed by atoms with van der Waals surface area (Å²) >= 11 is 0. The summed E-state index contributed by atoms with van der Waals surface area (Å²) < 4.78 is 40.9. The number of rotatable bonds is 3. The number of carbonyl (C=O) groups is 2. The number of nitrogens with zero attached hydrogens (tertiary/aromatic N) is 4. The van der Waals surface area contributed by atoms with E-state index in [2.05, 4.69) is 15.2 Å². The van der Waals surface area contributed by atoms with Crippen LogP contribution in [-0.2, 0) is 15.8 Å². The van der Waals surface area contributed by atoms with Gasteiger partial charge >= 0.3 is 6.18 Å². The van der Waals surface area contributed by atoms with Crippen LogP contribution >= 0.6 is 0 Å². The lowest BCUT2D eigenvalue weighted by Crippen LogP contribution is -2.46. The van der Waals surface area contributed by atoms with Gasteiger partial charge in [-0.3, -0.25) is 14.7 Å². The van der Waals surface area contributed by atoms with E-state index in [0.717, 1.165) is 25.3 Å². The van der Waals surface area contributed by atoms with E-state index in [-0.39, 0.29) is 53.4 Å². The van der Waals surface area contributed by atoms with E-state index in [1.165, 1.54) is 0 Å². The van der Waals surface area contributed by atoms with E-state index < -0.39 is 11.7 Å². The molecule has 1 atom stereocenters. The molecule has 1 unspecified atom stereocenters. The SMILES string of the molecule is Nc1[nH]nc2nc(C3CCCN(C(=O)CN4CCCCCC4=O)C3)cc(C(F)(F)F)c12. The second-order valence-electron chi connectivity index (χ2n) is 8.23. The van der Waals surface area contributed by atoms with Crippen LogP contribution in [0.15, 0.2) is 6.07 Å². The lowest BCUT2D eigenvalue weighted by molar-refractivity contribution is -0.141. The van der Waals surface area contributed by atoms with Crippen molar-refractivity contribution >= 4 is 28.7 Å². The van der Waals surface area contributed by atoms with Gasteiger partial charge in [-0.05, 0) is 31.7 Å². The van der Waals surface area contributed by atoms with Crippen LogP contribution in [-0.4, -0.2) is 63.0 Å². The third-order valence-corrected chi connectivity index (χ3v) is 6.07. The highest BCUT2D eigenvalue weighted by Crippen LogP contribution is 2.38. The fraction of sp³-hybridized carbons (Fsp3) is 0.600. The minimum atomic E-state index is -4.61. The molecule has 3 N–H and O–H groups in total. The number of aromatic amines is 1. The summed E-state index contributed by atoms with van der Waals surface area (Å²) in [5.41, 5.74) is 4.92. The molecule has 4 heterocycles. The van der Waals surface area contributed by atoms with Crippen LogP contribution in [0.4, 0.5) is 19.0 Å². The molecule has 11 heteroatoms. The number of nitrogens with two attached hydrogens (primary N) is 1. The number of H-pyrrole nitrogens is 1. The van der Waals surface area contributed by atoms with Gasteiger partial charge in [-0.1, -0.05) is 6.42 Å². The van der Waals surface area contributed by atoms with E-state index in [9.17, 15) is 22.8 Å². The summed E-state index contributed by atoms with van der Waals surface area (Å²) in [6, 6.07) is 1.02. The molecule has 0 bridgehead atoms. The zero-order valence-corrected chi connectivity index (χ0v) is 17.0. The van der Waals surface area contributed by atoms with E-state index in [1.54, 1.807) is 9.80 Å². The van der Waals surface area contributed by atoms with Gasteiger partial charge in [-0.2, -0.15) is 18.3 Å². The van der Waals surface area contributed by atoms with Crippen molar-refractivity contribution in [3.63, 3.8) is 0 Å². The summed E-state index contributed by atoms with van der Waals surface area (Å²) in [7, 11) is 0. The van der Waals surface area contributed by atoms with Crippen LogP contribution in [0.3, 0.4) is 0 Å². The Labute approximate surface area is 177 Å². The summed E-state index contributed by atoms with van der Waals surface area (Å²) in [4.78, 5) is 32.6. The summed E-state index contributed by atoms with van der Waals surface area (Å²) in [6.45, 7) is 1.36. The Balaban J connectivity index is 1.54. The molecule has 2 amide bonds. The monoisotopic (exact) mass is 438 g/mol. The second kappa shape index (κ2) is 8.35. The number of piperidine rings is 1. The quantitative estimate of drug-likeness (QED) is 0.766. The number of carbonyl (C=O) groups excluding carboxylic acids is 2. The highest BCUT2D eigenvalue weighted by Gasteiger charge is 2.37. The van der Waals surface area contributed by atoms with Gasteiger partial charge in [0.1, 0.15) is 5.82 Å². The number of nitrogens with one attached hydrogen (secondary N) is 1. The van der Waals surface area contributed by atoms with Crippen molar-refractivity contribution in [3.05, 3.63) is 17.3 Å². The minimum Gasteiger partial charge on any atom is -0.383 e. The molecule has 0 aromatic carbocycles. The predicted molar refractivity (Wildman–Crippen MR) is 107 cm³/mol. The number of aromatic nitrogens is 3. The molecule has 2 saturated heterocycles. The van der Waals surface area contributed by atoms with Crippen molar-refractivity contribution in [2.24, 2.45) is 0 Å². The Bertz CT molecular complexity index is 989. The number of pyridine rings is 1. The molecule has 4 rings (SSSR count). The molecule has 8 nitrogen and oxygen atoms in total. The number of alkyl halides is 3. The van der Waals surface area contributed by atoms with E-state index in [0.29, 0.717) is 32.4 Å². The van der Waals surface area contributed by atoms with Gasteiger partial charge in [-0.25, -0.2) is 4.98 Å². The normalized spacial score (nSPS) is 20.9. The number of halogens is 3. The molecular weight excluding hydrogens is 413 g/mol. The molecule has 2 aromatic rings. The fourth-order valence-electron chi connectivity index (χ4n) is 4.41. The maximum Gasteiger partial charge on any atom is 0.417 e. The summed E-state index contributed by atoms with van der Waals surface area (Å²) in [5, 5.41) is 5.94. The molecule has 0 spiro atoms. The Morgan fingerprint density at radius 2 is 2.03 bits per heavy atom. The summed E-state index contributed by atoms with van der Waals surface area (Å²) in [6.07, 6.45) is -0.217. The maximum atomic E-state index is 13.6. The van der Waals surface area contributed by atoms with Crippen molar-refractivity contribution in [3.8, 4) is 0 Å². The number of likely N-dealkylation sites (tertiary alicyclic amines) is 2. The molecule has 0 aliphatic carbocycles. The molecule has 0 radical (unpaired) electrons. The van der Waals surface area contributed by atoms with E-state index in [4.69, 9.17) is 5.73 Å². The third-order valence-electron chi connectivity index (χ3n) is 6.07. The van der Waals surface area contributed by atoms with Crippen LogP contribution < -0.4 is 5.73 Å². The van der Waals surface area contributed by atoms with E-state index in [1.807, 2.05) is 0 Å². The van der Waals surface area contributed by atoms with Crippen LogP contribution in [0.1, 0.15) is 55.7 Å². The summed E-state index contributed by atoms with van der Waals surface area (Å²) in [5.74, 6) is -0.719.